The Morgan fingerprint density at radius 1 is 1.29 bits per heavy atom. The predicted octanol–water partition coefficient (Wildman–Crippen LogP) is 3.64. The quantitative estimate of drug-likeness (QED) is 0.860. The van der Waals surface area contributed by atoms with Gasteiger partial charge < -0.3 is 10.2 Å². The van der Waals surface area contributed by atoms with Crippen molar-refractivity contribution in [2.45, 2.75) is 52.5 Å². The number of likely N-dealkylation sites (tertiary alicyclic amines) is 1. The van der Waals surface area contributed by atoms with E-state index in [4.69, 9.17) is 0 Å². The molecule has 1 aromatic rings. The summed E-state index contributed by atoms with van der Waals surface area (Å²) < 4.78 is 0. The lowest BCUT2D eigenvalue weighted by atomic mass is 9.80. The Morgan fingerprint density at radius 2 is 2.00 bits per heavy atom. The zero-order valence-corrected chi connectivity index (χ0v) is 14.3. The van der Waals surface area contributed by atoms with Crippen LogP contribution in [0.3, 0.4) is 0 Å². The molecule has 1 unspecified atom stereocenters. The number of nitrogens with zero attached hydrogens (tertiary/aromatic N) is 1. The number of aryl methyl sites for hydroxylation is 2. The third-order valence-corrected chi connectivity index (χ3v) is 5.02. The molecule has 2 nitrogen and oxygen atoms in total. The van der Waals surface area contributed by atoms with E-state index in [0.717, 1.165) is 6.54 Å². The summed E-state index contributed by atoms with van der Waals surface area (Å²) in [6, 6.07) is 9.50. The zero-order chi connectivity index (χ0) is 15.3. The van der Waals surface area contributed by atoms with E-state index in [1.807, 2.05) is 0 Å². The molecule has 1 fully saturated rings. The van der Waals surface area contributed by atoms with Gasteiger partial charge in [0.05, 0.1) is 0 Å². The van der Waals surface area contributed by atoms with Crippen LogP contribution in [0.1, 0.15) is 44.2 Å². The second kappa shape index (κ2) is 7.42. The van der Waals surface area contributed by atoms with Crippen molar-refractivity contribution in [1.29, 1.82) is 0 Å². The van der Waals surface area contributed by atoms with E-state index in [-0.39, 0.29) is 0 Å². The number of hydrogen-bond acceptors (Lipinski definition) is 2. The van der Waals surface area contributed by atoms with Crippen LogP contribution in [-0.2, 0) is 6.42 Å². The number of hydrogen-bond donors (Lipinski definition) is 1. The highest BCUT2D eigenvalue weighted by atomic mass is 15.1. The molecule has 0 bridgehead atoms. The minimum Gasteiger partial charge on any atom is -0.314 e. The van der Waals surface area contributed by atoms with Gasteiger partial charge in [-0.05, 0) is 70.6 Å². The monoisotopic (exact) mass is 288 g/mol. The summed E-state index contributed by atoms with van der Waals surface area (Å²) in [7, 11) is 2.23. The van der Waals surface area contributed by atoms with Crippen LogP contribution in [-0.4, -0.2) is 37.6 Å². The molecule has 118 valence electrons. The molecule has 1 atom stereocenters. The van der Waals surface area contributed by atoms with E-state index in [1.54, 1.807) is 0 Å². The van der Waals surface area contributed by atoms with Gasteiger partial charge in [-0.2, -0.15) is 0 Å². The fourth-order valence-electron chi connectivity index (χ4n) is 3.11. The lowest BCUT2D eigenvalue weighted by molar-refractivity contribution is 0.133. The van der Waals surface area contributed by atoms with Crippen LogP contribution in [0.5, 0.6) is 0 Å². The van der Waals surface area contributed by atoms with Gasteiger partial charge in [-0.15, -0.1) is 0 Å². The molecule has 2 heteroatoms. The van der Waals surface area contributed by atoms with Crippen molar-refractivity contribution in [3.63, 3.8) is 0 Å². The Balaban J connectivity index is 1.71. The van der Waals surface area contributed by atoms with E-state index < -0.39 is 0 Å². The van der Waals surface area contributed by atoms with Crippen LogP contribution in [0.15, 0.2) is 24.3 Å². The van der Waals surface area contributed by atoms with Gasteiger partial charge in [-0.3, -0.25) is 0 Å². The number of benzene rings is 1. The average Bonchev–Trinajstić information content (AvgIpc) is 2.47. The van der Waals surface area contributed by atoms with Crippen LogP contribution < -0.4 is 5.32 Å². The summed E-state index contributed by atoms with van der Waals surface area (Å²) in [5, 5.41) is 3.77. The smallest absolute Gasteiger partial charge is 0.00421 e. The molecule has 1 saturated heterocycles. The standard InChI is InChI=1S/C19H32N2/c1-16-6-5-7-18(14-16)9-8-17(2)20-15-19(3)10-12-21(4)13-11-19/h5-7,14,17,20H,8-13,15H2,1-4H3. The summed E-state index contributed by atoms with van der Waals surface area (Å²) in [4.78, 5) is 2.45. The third kappa shape index (κ3) is 5.44. The molecule has 0 radical (unpaired) electrons. The molecule has 0 spiro atoms. The second-order valence-electron chi connectivity index (χ2n) is 7.42. The molecule has 1 aromatic carbocycles. The van der Waals surface area contributed by atoms with Crippen LogP contribution in [0.25, 0.3) is 0 Å². The normalized spacial score (nSPS) is 20.4. The summed E-state index contributed by atoms with van der Waals surface area (Å²) in [5.74, 6) is 0. The zero-order valence-electron chi connectivity index (χ0n) is 14.3. The number of nitrogens with one attached hydrogen (secondary N) is 1. The van der Waals surface area contributed by atoms with Crippen molar-refractivity contribution < 1.29 is 0 Å². The first-order chi connectivity index (χ1) is 9.97. The maximum Gasteiger partial charge on any atom is 0.00421 e. The van der Waals surface area contributed by atoms with Gasteiger partial charge in [0.1, 0.15) is 0 Å². The van der Waals surface area contributed by atoms with Gasteiger partial charge in [-0.25, -0.2) is 0 Å². The van der Waals surface area contributed by atoms with Gasteiger partial charge in [0.15, 0.2) is 0 Å². The van der Waals surface area contributed by atoms with Crippen molar-refractivity contribution in [1.82, 2.24) is 10.2 Å². The molecule has 0 aliphatic carbocycles. The van der Waals surface area contributed by atoms with E-state index >= 15 is 0 Å². The molecule has 21 heavy (non-hydrogen) atoms. The third-order valence-electron chi connectivity index (χ3n) is 5.02. The first-order valence-electron chi connectivity index (χ1n) is 8.44. The summed E-state index contributed by atoms with van der Waals surface area (Å²) in [5.41, 5.74) is 3.32. The van der Waals surface area contributed by atoms with Crippen LogP contribution in [0, 0.1) is 12.3 Å². The van der Waals surface area contributed by atoms with Gasteiger partial charge in [-0.1, -0.05) is 36.8 Å². The van der Waals surface area contributed by atoms with Crippen molar-refractivity contribution in [3.05, 3.63) is 35.4 Å². The molecule has 0 amide bonds. The number of rotatable bonds is 6. The Kier molecular flexibility index (Phi) is 5.83. The van der Waals surface area contributed by atoms with Crippen LogP contribution >= 0.6 is 0 Å². The summed E-state index contributed by atoms with van der Waals surface area (Å²) in [6.07, 6.45) is 5.04. The van der Waals surface area contributed by atoms with Crippen molar-refractivity contribution >= 4 is 0 Å². The minimum absolute atomic E-state index is 0.490. The Bertz CT molecular complexity index is 433. The van der Waals surface area contributed by atoms with Gasteiger partial charge in [0.25, 0.3) is 0 Å². The lowest BCUT2D eigenvalue weighted by Gasteiger charge is -2.38. The van der Waals surface area contributed by atoms with E-state index in [2.05, 4.69) is 62.3 Å². The highest BCUT2D eigenvalue weighted by molar-refractivity contribution is 5.22. The Labute approximate surface area is 130 Å². The van der Waals surface area contributed by atoms with Gasteiger partial charge in [0, 0.05) is 12.6 Å². The fraction of sp³-hybridized carbons (Fsp3) is 0.684. The fourth-order valence-corrected chi connectivity index (χ4v) is 3.11. The van der Waals surface area contributed by atoms with Crippen molar-refractivity contribution in [2.75, 3.05) is 26.7 Å². The second-order valence-corrected chi connectivity index (χ2v) is 7.42. The van der Waals surface area contributed by atoms with E-state index in [0.29, 0.717) is 11.5 Å². The first kappa shape index (κ1) is 16.5. The molecule has 1 aliphatic rings. The molecule has 1 heterocycles. The molecule has 0 saturated carbocycles. The highest BCUT2D eigenvalue weighted by Gasteiger charge is 2.28. The maximum absolute atomic E-state index is 3.77. The van der Waals surface area contributed by atoms with E-state index in [1.165, 1.54) is 49.9 Å². The van der Waals surface area contributed by atoms with Crippen molar-refractivity contribution in [3.8, 4) is 0 Å². The Hall–Kier alpha value is -0.860. The molecule has 1 aliphatic heterocycles. The van der Waals surface area contributed by atoms with Gasteiger partial charge >= 0.3 is 0 Å². The average molecular weight is 288 g/mol. The SMILES string of the molecule is Cc1cccc(CCC(C)NCC2(C)CCN(C)CC2)c1. The maximum atomic E-state index is 3.77. The van der Waals surface area contributed by atoms with Gasteiger partial charge in [0.2, 0.25) is 0 Å². The highest BCUT2D eigenvalue weighted by Crippen LogP contribution is 2.29. The van der Waals surface area contributed by atoms with Crippen LogP contribution in [0.2, 0.25) is 0 Å². The molecule has 0 aromatic heterocycles. The summed E-state index contributed by atoms with van der Waals surface area (Å²) in [6.45, 7) is 10.6. The molecule has 1 N–H and O–H groups in total. The minimum atomic E-state index is 0.490. The first-order valence-corrected chi connectivity index (χ1v) is 8.44. The topological polar surface area (TPSA) is 15.3 Å². The molecular formula is C19H32N2. The molecular weight excluding hydrogens is 256 g/mol. The van der Waals surface area contributed by atoms with Crippen molar-refractivity contribution in [2.24, 2.45) is 5.41 Å². The Morgan fingerprint density at radius 3 is 2.67 bits per heavy atom. The largest absolute Gasteiger partial charge is 0.314 e. The van der Waals surface area contributed by atoms with Crippen LogP contribution in [0.4, 0.5) is 0 Å². The number of piperidine rings is 1. The predicted molar refractivity (Wildman–Crippen MR) is 91.8 cm³/mol. The summed E-state index contributed by atoms with van der Waals surface area (Å²) >= 11 is 0. The molecule has 2 rings (SSSR count). The van der Waals surface area contributed by atoms with E-state index in [9.17, 15) is 0 Å². The lowest BCUT2D eigenvalue weighted by Crippen LogP contribution is -2.44.